The smallest absolute Gasteiger partial charge is 0.309 e. The Kier molecular flexibility index (Phi) is 2.09. The highest BCUT2D eigenvalue weighted by Crippen LogP contribution is 2.26. The first kappa shape index (κ1) is 8.96. The van der Waals surface area contributed by atoms with Crippen molar-refractivity contribution in [3.63, 3.8) is 0 Å². The lowest BCUT2D eigenvalue weighted by Crippen LogP contribution is -2.00. The molecule has 4 nitrogen and oxygen atoms in total. The van der Waals surface area contributed by atoms with Gasteiger partial charge >= 0.3 is 5.97 Å². The van der Waals surface area contributed by atoms with Crippen LogP contribution in [-0.2, 0) is 11.2 Å². The molecule has 0 bridgehead atoms. The van der Waals surface area contributed by atoms with Crippen molar-refractivity contribution >= 4 is 27.6 Å². The first-order valence-corrected chi connectivity index (χ1v) is 4.73. The number of carboxylic acid groups (broad SMARTS) is 1. The quantitative estimate of drug-likeness (QED) is 0.788. The summed E-state index contributed by atoms with van der Waals surface area (Å²) >= 11 is 1.20. The third-order valence-corrected chi connectivity index (χ3v) is 2.70. The fourth-order valence-electron chi connectivity index (χ4n) is 1.25. The Morgan fingerprint density at radius 1 is 1.50 bits per heavy atom. The maximum atomic E-state index is 10.5. The largest absolute Gasteiger partial charge is 0.508 e. The van der Waals surface area contributed by atoms with Crippen molar-refractivity contribution in [1.29, 1.82) is 0 Å². The second-order valence-corrected chi connectivity index (χ2v) is 3.69. The Morgan fingerprint density at radius 3 is 3.00 bits per heavy atom. The molecule has 0 saturated heterocycles. The van der Waals surface area contributed by atoms with Crippen LogP contribution in [0.2, 0.25) is 0 Å². The zero-order valence-electron chi connectivity index (χ0n) is 7.10. The van der Waals surface area contributed by atoms with Crippen LogP contribution in [0.15, 0.2) is 18.2 Å². The number of phenols is 1. The van der Waals surface area contributed by atoms with Gasteiger partial charge < -0.3 is 10.2 Å². The molecule has 0 aliphatic carbocycles. The number of rotatable bonds is 2. The molecule has 2 rings (SSSR count). The number of phenolic OH excluding ortho intramolecular Hbond substituents is 1. The molecule has 1 aromatic heterocycles. The first-order chi connectivity index (χ1) is 6.66. The van der Waals surface area contributed by atoms with E-state index in [0.717, 1.165) is 10.1 Å². The SMILES string of the molecule is O=C(O)Cc1nsc2cc(O)ccc12. The van der Waals surface area contributed by atoms with E-state index in [1.807, 2.05) is 0 Å². The van der Waals surface area contributed by atoms with Crippen LogP contribution in [0, 0.1) is 0 Å². The number of hydrogen-bond acceptors (Lipinski definition) is 4. The summed E-state index contributed by atoms with van der Waals surface area (Å²) < 4.78 is 4.83. The number of aromatic nitrogens is 1. The number of benzene rings is 1. The highest BCUT2D eigenvalue weighted by molar-refractivity contribution is 7.13. The fourth-order valence-corrected chi connectivity index (χ4v) is 2.08. The van der Waals surface area contributed by atoms with E-state index in [-0.39, 0.29) is 12.2 Å². The molecule has 1 aromatic carbocycles. The van der Waals surface area contributed by atoms with Crippen LogP contribution in [0.1, 0.15) is 5.69 Å². The van der Waals surface area contributed by atoms with E-state index in [1.54, 1.807) is 12.1 Å². The van der Waals surface area contributed by atoms with E-state index in [9.17, 15) is 9.90 Å². The van der Waals surface area contributed by atoms with Gasteiger partial charge in [0.2, 0.25) is 0 Å². The molecular formula is C9H7NO3S. The Labute approximate surface area is 83.6 Å². The van der Waals surface area contributed by atoms with Gasteiger partial charge in [-0.25, -0.2) is 0 Å². The van der Waals surface area contributed by atoms with Gasteiger partial charge in [0.25, 0.3) is 0 Å². The van der Waals surface area contributed by atoms with Crippen LogP contribution < -0.4 is 0 Å². The van der Waals surface area contributed by atoms with E-state index in [1.165, 1.54) is 17.6 Å². The van der Waals surface area contributed by atoms with Gasteiger partial charge in [-0.1, -0.05) is 0 Å². The normalized spacial score (nSPS) is 10.6. The van der Waals surface area contributed by atoms with Gasteiger partial charge in [0.15, 0.2) is 0 Å². The highest BCUT2D eigenvalue weighted by atomic mass is 32.1. The summed E-state index contributed by atoms with van der Waals surface area (Å²) in [6, 6.07) is 4.80. The third-order valence-electron chi connectivity index (χ3n) is 1.85. The van der Waals surface area contributed by atoms with Gasteiger partial charge in [-0.3, -0.25) is 4.79 Å². The maximum absolute atomic E-state index is 10.5. The molecule has 14 heavy (non-hydrogen) atoms. The monoisotopic (exact) mass is 209 g/mol. The molecule has 0 atom stereocenters. The van der Waals surface area contributed by atoms with Crippen LogP contribution in [-0.4, -0.2) is 20.6 Å². The molecule has 1 heterocycles. The molecule has 0 saturated carbocycles. The van der Waals surface area contributed by atoms with Crippen molar-refractivity contribution in [3.8, 4) is 5.75 Å². The summed E-state index contributed by atoms with van der Waals surface area (Å²) in [6.45, 7) is 0. The predicted molar refractivity (Wildman–Crippen MR) is 52.6 cm³/mol. The number of aliphatic carboxylic acids is 1. The summed E-state index contributed by atoms with van der Waals surface area (Å²) in [4.78, 5) is 10.5. The number of fused-ring (bicyclic) bond motifs is 1. The molecule has 5 heteroatoms. The van der Waals surface area contributed by atoms with Gasteiger partial charge in [0, 0.05) is 5.39 Å². The van der Waals surface area contributed by atoms with Gasteiger partial charge in [0.05, 0.1) is 16.8 Å². The minimum absolute atomic E-state index is 0.0786. The Bertz CT molecular complexity index is 492. The van der Waals surface area contributed by atoms with E-state index in [4.69, 9.17) is 5.11 Å². The lowest BCUT2D eigenvalue weighted by molar-refractivity contribution is -0.136. The fraction of sp³-hybridized carbons (Fsp3) is 0.111. The minimum atomic E-state index is -0.898. The molecule has 0 unspecified atom stereocenters. The summed E-state index contributed by atoms with van der Waals surface area (Å²) in [6.07, 6.45) is -0.0786. The predicted octanol–water partition coefficient (Wildman–Crippen LogP) is 1.63. The number of carbonyl (C=O) groups is 1. The van der Waals surface area contributed by atoms with Crippen molar-refractivity contribution in [3.05, 3.63) is 23.9 Å². The number of aromatic hydroxyl groups is 1. The van der Waals surface area contributed by atoms with Gasteiger partial charge in [-0.2, -0.15) is 4.37 Å². The lowest BCUT2D eigenvalue weighted by atomic mass is 10.2. The van der Waals surface area contributed by atoms with Crippen molar-refractivity contribution in [2.24, 2.45) is 0 Å². The van der Waals surface area contributed by atoms with Crippen LogP contribution >= 0.6 is 11.5 Å². The molecule has 0 aliphatic rings. The number of hydrogen-bond donors (Lipinski definition) is 2. The Balaban J connectivity index is 2.52. The number of nitrogens with zero attached hydrogens (tertiary/aromatic N) is 1. The summed E-state index contributed by atoms with van der Waals surface area (Å²) in [5.74, 6) is -0.728. The number of carboxylic acids is 1. The molecule has 72 valence electrons. The molecule has 0 radical (unpaired) electrons. The second-order valence-electron chi connectivity index (χ2n) is 2.88. The Morgan fingerprint density at radius 2 is 2.29 bits per heavy atom. The average Bonchev–Trinajstić information content (AvgIpc) is 2.47. The Hall–Kier alpha value is -1.62. The van der Waals surface area contributed by atoms with Crippen molar-refractivity contribution < 1.29 is 15.0 Å². The summed E-state index contributed by atoms with van der Waals surface area (Å²) in [5, 5.41) is 18.6. The molecule has 0 fully saturated rings. The maximum Gasteiger partial charge on any atom is 0.309 e. The zero-order valence-corrected chi connectivity index (χ0v) is 7.91. The minimum Gasteiger partial charge on any atom is -0.508 e. The average molecular weight is 209 g/mol. The van der Waals surface area contributed by atoms with Gasteiger partial charge in [0.1, 0.15) is 5.75 Å². The molecule has 2 N–H and O–H groups in total. The standard InChI is InChI=1S/C9H7NO3S/c11-5-1-2-6-7(4-9(12)13)10-14-8(6)3-5/h1-3,11H,4H2,(H,12,13). The molecule has 0 aliphatic heterocycles. The topological polar surface area (TPSA) is 70.4 Å². The highest BCUT2D eigenvalue weighted by Gasteiger charge is 2.09. The third kappa shape index (κ3) is 1.54. The van der Waals surface area contributed by atoms with E-state index in [2.05, 4.69) is 4.37 Å². The van der Waals surface area contributed by atoms with E-state index < -0.39 is 5.97 Å². The molecular weight excluding hydrogens is 202 g/mol. The van der Waals surface area contributed by atoms with Crippen molar-refractivity contribution in [2.45, 2.75) is 6.42 Å². The van der Waals surface area contributed by atoms with Gasteiger partial charge in [-0.05, 0) is 29.7 Å². The molecule has 0 amide bonds. The zero-order chi connectivity index (χ0) is 10.1. The summed E-state index contributed by atoms with van der Waals surface area (Å²) in [5.41, 5.74) is 0.553. The van der Waals surface area contributed by atoms with Crippen molar-refractivity contribution in [2.75, 3.05) is 0 Å². The van der Waals surface area contributed by atoms with Crippen LogP contribution in [0.25, 0.3) is 10.1 Å². The van der Waals surface area contributed by atoms with Crippen molar-refractivity contribution in [1.82, 2.24) is 4.37 Å². The molecule has 0 spiro atoms. The second kappa shape index (κ2) is 3.26. The first-order valence-electron chi connectivity index (χ1n) is 3.96. The van der Waals surface area contributed by atoms with Crippen LogP contribution in [0.5, 0.6) is 5.75 Å². The van der Waals surface area contributed by atoms with E-state index >= 15 is 0 Å². The van der Waals surface area contributed by atoms with Crippen LogP contribution in [0.3, 0.4) is 0 Å². The molecule has 2 aromatic rings. The lowest BCUT2D eigenvalue weighted by Gasteiger charge is -1.93. The summed E-state index contributed by atoms with van der Waals surface area (Å²) in [7, 11) is 0. The van der Waals surface area contributed by atoms with Gasteiger partial charge in [-0.15, -0.1) is 0 Å². The van der Waals surface area contributed by atoms with E-state index in [0.29, 0.717) is 5.69 Å². The van der Waals surface area contributed by atoms with Crippen LogP contribution in [0.4, 0.5) is 0 Å².